The van der Waals surface area contributed by atoms with E-state index in [1.54, 1.807) is 0 Å². The molecule has 0 unspecified atom stereocenters. The first kappa shape index (κ1) is 44.0. The highest BCUT2D eigenvalue weighted by Gasteiger charge is 2.30. The molecular weight excluding hydrogens is 791 g/mol. The topological polar surface area (TPSA) is 50.9 Å². The number of phenolic OH excluding ortho intramolecular Hbond substituents is 1. The molecule has 8 aromatic rings. The smallest absolute Gasteiger partial charge is 0.149 e. The minimum absolute atomic E-state index is 0.0121. The number of phenols is 1. The van der Waals surface area contributed by atoms with Gasteiger partial charge >= 0.3 is 0 Å². The first-order chi connectivity index (χ1) is 30.8. The van der Waals surface area contributed by atoms with Gasteiger partial charge in [-0.2, -0.15) is 0 Å². The molecule has 0 saturated heterocycles. The number of fused-ring (bicyclic) bond motifs is 1. The Hall–Kier alpha value is -6.26. The highest BCUT2D eigenvalue weighted by molar-refractivity contribution is 5.98. The summed E-state index contributed by atoms with van der Waals surface area (Å²) in [5.74, 6) is 0.0501. The Balaban J connectivity index is 1.47. The molecule has 0 saturated carbocycles. The van der Waals surface area contributed by atoms with Crippen molar-refractivity contribution in [3.05, 3.63) is 167 Å². The van der Waals surface area contributed by atoms with Crippen LogP contribution in [-0.4, -0.2) is 19.6 Å². The predicted octanol–water partition coefficient (Wildman–Crippen LogP) is 16.8. The summed E-state index contributed by atoms with van der Waals surface area (Å²) < 4.78 is 11.4. The van der Waals surface area contributed by atoms with Crippen molar-refractivity contribution in [1.29, 1.82) is 0 Å². The third kappa shape index (κ3) is 9.06. The molecule has 2 aromatic heterocycles. The van der Waals surface area contributed by atoms with Crippen molar-refractivity contribution in [3.8, 4) is 67.5 Å². The monoisotopic (exact) mass is 859 g/mol. The molecule has 4 nitrogen and oxygen atoms in total. The summed E-state index contributed by atoms with van der Waals surface area (Å²) in [7, 11) is 0. The lowest BCUT2D eigenvalue weighted by molar-refractivity contribution is 0.446. The minimum Gasteiger partial charge on any atom is -0.507 e. The summed E-state index contributed by atoms with van der Waals surface area (Å²) in [5.41, 5.74) is 16.2. The maximum Gasteiger partial charge on any atom is 0.149 e. The molecule has 6 aromatic carbocycles. The lowest BCUT2D eigenvalue weighted by Gasteiger charge is -2.27. The van der Waals surface area contributed by atoms with Gasteiger partial charge in [-0.1, -0.05) is 182 Å². The van der Waals surface area contributed by atoms with Gasteiger partial charge in [-0.15, -0.1) is 0 Å². The van der Waals surface area contributed by atoms with Gasteiger partial charge in [-0.25, -0.2) is 4.98 Å². The van der Waals surface area contributed by atoms with Crippen LogP contribution in [0.1, 0.15) is 132 Å². The van der Waals surface area contributed by atoms with Crippen LogP contribution in [0.5, 0.6) is 5.75 Å². The molecule has 0 radical (unpaired) electrons. The quantitative estimate of drug-likeness (QED) is 0.174. The summed E-state index contributed by atoms with van der Waals surface area (Å²) in [6.45, 7) is 30.5. The van der Waals surface area contributed by atoms with Crippen molar-refractivity contribution < 1.29 is 6.48 Å². The number of hydrogen-bond acceptors (Lipinski definition) is 3. The first-order valence-corrected chi connectivity index (χ1v) is 23.1. The predicted molar refractivity (Wildman–Crippen MR) is 277 cm³/mol. The molecule has 65 heavy (non-hydrogen) atoms. The number of aromatic nitrogens is 3. The van der Waals surface area contributed by atoms with Crippen molar-refractivity contribution in [2.75, 3.05) is 0 Å². The summed E-state index contributed by atoms with van der Waals surface area (Å²) in [5, 5.41) is 12.6. The number of pyridine rings is 1. The van der Waals surface area contributed by atoms with Gasteiger partial charge in [0.2, 0.25) is 0 Å². The van der Waals surface area contributed by atoms with Gasteiger partial charge in [0.25, 0.3) is 0 Å². The summed E-state index contributed by atoms with van der Waals surface area (Å²) in [6.07, 6.45) is 1.90. The van der Waals surface area contributed by atoms with Gasteiger partial charge in [-0.3, -0.25) is 9.55 Å². The Bertz CT molecular complexity index is 3080. The zero-order chi connectivity index (χ0) is 47.7. The zero-order valence-corrected chi connectivity index (χ0v) is 41.1. The average Bonchev–Trinajstić information content (AvgIpc) is 3.64. The Kier molecular flexibility index (Phi) is 11.2. The van der Waals surface area contributed by atoms with Crippen molar-refractivity contribution in [2.45, 2.75) is 124 Å². The van der Waals surface area contributed by atoms with Crippen LogP contribution < -0.4 is 0 Å². The molecular formula is C61H67N3O. The van der Waals surface area contributed by atoms with E-state index in [4.69, 9.17) is 11.3 Å². The molecule has 8 rings (SSSR count). The second-order valence-corrected chi connectivity index (χ2v) is 22.3. The maximum atomic E-state index is 12.6. The van der Waals surface area contributed by atoms with E-state index >= 15 is 0 Å². The average molecular weight is 859 g/mol. The number of para-hydroxylation sites is 1. The molecule has 2 heterocycles. The van der Waals surface area contributed by atoms with Crippen LogP contribution >= 0.6 is 0 Å². The molecule has 0 aliphatic heterocycles. The van der Waals surface area contributed by atoms with E-state index in [-0.39, 0.29) is 27.4 Å². The van der Waals surface area contributed by atoms with Crippen LogP contribution in [0, 0.1) is 0 Å². The zero-order valence-electron chi connectivity index (χ0n) is 42.1. The molecule has 0 bridgehead atoms. The van der Waals surface area contributed by atoms with Crippen molar-refractivity contribution in [2.24, 2.45) is 0 Å². The van der Waals surface area contributed by atoms with Crippen LogP contribution in [0.4, 0.5) is 0 Å². The summed E-state index contributed by atoms with van der Waals surface area (Å²) in [6, 6.07) is 47.6. The summed E-state index contributed by atoms with van der Waals surface area (Å²) >= 11 is 0. The van der Waals surface area contributed by atoms with Crippen molar-refractivity contribution >= 4 is 11.0 Å². The molecule has 0 fully saturated rings. The van der Waals surface area contributed by atoms with Crippen LogP contribution in [0.2, 0.25) is 0 Å². The van der Waals surface area contributed by atoms with Gasteiger partial charge in [0.15, 0.2) is 0 Å². The number of imidazole rings is 1. The van der Waals surface area contributed by atoms with Crippen molar-refractivity contribution in [1.82, 2.24) is 14.5 Å². The highest BCUT2D eigenvalue weighted by atomic mass is 16.3. The Labute approximate surface area is 389 Å². The third-order valence-corrected chi connectivity index (χ3v) is 12.9. The second kappa shape index (κ2) is 16.6. The Morgan fingerprint density at radius 3 is 1.78 bits per heavy atom. The fourth-order valence-electron chi connectivity index (χ4n) is 8.75. The van der Waals surface area contributed by atoms with Crippen molar-refractivity contribution in [3.63, 3.8) is 0 Å². The van der Waals surface area contributed by atoms with Crippen LogP contribution in [0.3, 0.4) is 0 Å². The standard InChI is InChI=1S/C61H67N3O/c1-38(2)41-25-28-53(49(34-41)40-23-26-45(27-24-40)58(3,4)5)64-54-22-18-21-48(55(54)63-57(64)50-36-47(60(9,10)11)37-51(56(50)65)61(12,13)14)43-31-44(33-46(32-43)59(6,7)8)52-35-42(29-30-62-52)39-19-16-15-17-20-39/h15-38,65H,1-14H3/i38D. The van der Waals surface area contributed by atoms with Crippen LogP contribution in [0.15, 0.2) is 140 Å². The molecule has 4 heteroatoms. The molecule has 0 atom stereocenters. The molecule has 332 valence electrons. The SMILES string of the molecule is [2H]C(C)(C)c1ccc(-n2c(-c3cc(C(C)(C)C)cc(C(C)(C)C)c3O)nc3c(-c4cc(-c5cc(-c6ccccc6)ccn5)cc(C(C)(C)C)c4)cccc32)c(-c2ccc(C(C)(C)C)cc2)c1. The first-order valence-electron chi connectivity index (χ1n) is 23.6. The van der Waals surface area contributed by atoms with E-state index in [0.29, 0.717) is 11.4 Å². The molecule has 1 N–H and O–H groups in total. The number of aromatic hydroxyl groups is 1. The van der Waals surface area contributed by atoms with E-state index in [2.05, 4.69) is 215 Å². The summed E-state index contributed by atoms with van der Waals surface area (Å²) in [4.78, 5) is 10.6. The lowest BCUT2D eigenvalue weighted by atomic mass is 9.79. The van der Waals surface area contributed by atoms with Crippen LogP contribution in [0.25, 0.3) is 72.7 Å². The molecule has 0 aliphatic carbocycles. The van der Waals surface area contributed by atoms with Gasteiger partial charge < -0.3 is 5.11 Å². The maximum absolute atomic E-state index is 12.6. The number of benzene rings is 6. The highest BCUT2D eigenvalue weighted by Crippen LogP contribution is 2.46. The largest absolute Gasteiger partial charge is 0.507 e. The minimum atomic E-state index is -0.836. The number of rotatable bonds is 7. The Morgan fingerprint density at radius 2 is 1.15 bits per heavy atom. The van der Waals surface area contributed by atoms with Crippen LogP contribution in [-0.2, 0) is 21.7 Å². The van der Waals surface area contributed by atoms with E-state index in [0.717, 1.165) is 78.0 Å². The van der Waals surface area contributed by atoms with E-state index < -0.39 is 5.89 Å². The number of hydrogen-bond donors (Lipinski definition) is 1. The number of nitrogens with zero attached hydrogens (tertiary/aromatic N) is 3. The fraction of sp³-hybridized carbons (Fsp3) is 0.311. The molecule has 0 aliphatic rings. The third-order valence-electron chi connectivity index (χ3n) is 12.9. The Morgan fingerprint density at radius 1 is 0.508 bits per heavy atom. The normalized spacial score (nSPS) is 13.0. The van der Waals surface area contributed by atoms with Gasteiger partial charge in [0.05, 0.1) is 28.0 Å². The van der Waals surface area contributed by atoms with Gasteiger partial charge in [0.1, 0.15) is 11.6 Å². The van der Waals surface area contributed by atoms with E-state index in [9.17, 15) is 5.11 Å². The fourth-order valence-corrected chi connectivity index (χ4v) is 8.75. The second-order valence-electron chi connectivity index (χ2n) is 22.3. The van der Waals surface area contributed by atoms with Gasteiger partial charge in [-0.05, 0) is 121 Å². The van der Waals surface area contributed by atoms with Gasteiger partial charge in [0, 0.05) is 29.8 Å². The molecule has 0 amide bonds. The lowest BCUT2D eigenvalue weighted by Crippen LogP contribution is -2.17. The molecule has 0 spiro atoms. The van der Waals surface area contributed by atoms with E-state index in [1.165, 1.54) is 11.1 Å². The van der Waals surface area contributed by atoms with E-state index in [1.807, 2.05) is 26.1 Å².